The van der Waals surface area contributed by atoms with E-state index < -0.39 is 11.7 Å². The van der Waals surface area contributed by atoms with Crippen molar-refractivity contribution in [1.82, 2.24) is 14.9 Å². The maximum absolute atomic E-state index is 13.0. The van der Waals surface area contributed by atoms with Gasteiger partial charge in [-0.3, -0.25) is 0 Å². The number of rotatable bonds is 3. The minimum Gasteiger partial charge on any atom is -0.497 e. The van der Waals surface area contributed by atoms with Crippen molar-refractivity contribution in [2.24, 2.45) is 5.10 Å². The summed E-state index contributed by atoms with van der Waals surface area (Å²) >= 11 is 1.38. The van der Waals surface area contributed by atoms with Crippen molar-refractivity contribution < 1.29 is 17.9 Å². The molecule has 0 saturated heterocycles. The number of ether oxygens (including phenoxy) is 1. The van der Waals surface area contributed by atoms with Crippen LogP contribution in [0.25, 0.3) is 11.4 Å². The number of thioether (sulfide) groups is 1. The first kappa shape index (κ1) is 17.6. The molecule has 0 amide bonds. The lowest BCUT2D eigenvalue weighted by Gasteiger charge is -2.15. The Kier molecular flexibility index (Phi) is 4.39. The number of alkyl halides is 3. The topological polar surface area (TPSA) is 52.3 Å². The van der Waals surface area contributed by atoms with Crippen LogP contribution < -0.4 is 4.74 Å². The summed E-state index contributed by atoms with van der Waals surface area (Å²) in [7, 11) is 1.58. The lowest BCUT2D eigenvalue weighted by molar-refractivity contribution is -0.137. The van der Waals surface area contributed by atoms with Gasteiger partial charge in [-0.2, -0.15) is 22.9 Å². The SMILES string of the molecule is COc1ccc(-c2nnc3n2N=C(c2cccc(C(F)(F)F)c2)CS3)cc1. The van der Waals surface area contributed by atoms with E-state index in [1.165, 1.54) is 17.8 Å². The summed E-state index contributed by atoms with van der Waals surface area (Å²) in [4.78, 5) is 0. The zero-order valence-electron chi connectivity index (χ0n) is 14.1. The molecule has 4 rings (SSSR count). The van der Waals surface area contributed by atoms with E-state index in [1.54, 1.807) is 30.0 Å². The number of benzene rings is 2. The summed E-state index contributed by atoms with van der Waals surface area (Å²) in [6, 6.07) is 12.4. The Bertz CT molecular complexity index is 1010. The number of halogens is 3. The molecule has 0 bridgehead atoms. The first-order valence-electron chi connectivity index (χ1n) is 7.94. The number of fused-ring (bicyclic) bond motifs is 1. The van der Waals surface area contributed by atoms with Crippen molar-refractivity contribution in [3.8, 4) is 17.1 Å². The van der Waals surface area contributed by atoms with E-state index >= 15 is 0 Å². The van der Waals surface area contributed by atoms with Gasteiger partial charge in [0.2, 0.25) is 5.16 Å². The molecule has 0 saturated carbocycles. The van der Waals surface area contributed by atoms with Crippen LogP contribution >= 0.6 is 11.8 Å². The largest absolute Gasteiger partial charge is 0.497 e. The Hall–Kier alpha value is -2.81. The Balaban J connectivity index is 1.74. The normalized spacial score (nSPS) is 13.9. The predicted octanol–water partition coefficient (Wildman–Crippen LogP) is 4.33. The average Bonchev–Trinajstić information content (AvgIpc) is 3.11. The van der Waals surface area contributed by atoms with Crippen LogP contribution in [0.3, 0.4) is 0 Å². The van der Waals surface area contributed by atoms with Crippen LogP contribution in [0.1, 0.15) is 11.1 Å². The molecule has 1 aliphatic heterocycles. The van der Waals surface area contributed by atoms with Crippen molar-refractivity contribution >= 4 is 17.5 Å². The van der Waals surface area contributed by atoms with Crippen LogP contribution in [0, 0.1) is 0 Å². The van der Waals surface area contributed by atoms with Gasteiger partial charge < -0.3 is 4.74 Å². The van der Waals surface area contributed by atoms with Crippen molar-refractivity contribution in [1.29, 1.82) is 0 Å². The molecule has 1 aromatic heterocycles. The third-order valence-electron chi connectivity index (χ3n) is 4.04. The highest BCUT2D eigenvalue weighted by atomic mass is 32.2. The number of methoxy groups -OCH3 is 1. The second-order valence-electron chi connectivity index (χ2n) is 5.76. The zero-order chi connectivity index (χ0) is 19.0. The molecule has 2 heterocycles. The lowest BCUT2D eigenvalue weighted by Crippen LogP contribution is -2.15. The van der Waals surface area contributed by atoms with Gasteiger partial charge in [-0.15, -0.1) is 10.2 Å². The third kappa shape index (κ3) is 3.42. The number of hydrogen-bond donors (Lipinski definition) is 0. The van der Waals surface area contributed by atoms with Crippen LogP contribution in [0.15, 0.2) is 58.8 Å². The van der Waals surface area contributed by atoms with Crippen LogP contribution in [0.4, 0.5) is 13.2 Å². The molecule has 1 aliphatic rings. The molecule has 0 atom stereocenters. The van der Waals surface area contributed by atoms with E-state index in [0.29, 0.717) is 33.8 Å². The van der Waals surface area contributed by atoms with Gasteiger partial charge in [-0.1, -0.05) is 23.9 Å². The maximum Gasteiger partial charge on any atom is 0.416 e. The summed E-state index contributed by atoms with van der Waals surface area (Å²) in [5.74, 6) is 1.64. The molecule has 0 radical (unpaired) electrons. The van der Waals surface area contributed by atoms with E-state index in [2.05, 4.69) is 15.3 Å². The third-order valence-corrected chi connectivity index (χ3v) is 4.97. The van der Waals surface area contributed by atoms with Crippen molar-refractivity contribution in [2.45, 2.75) is 11.3 Å². The Morgan fingerprint density at radius 3 is 2.52 bits per heavy atom. The first-order chi connectivity index (χ1) is 13.0. The predicted molar refractivity (Wildman–Crippen MR) is 96.1 cm³/mol. The van der Waals surface area contributed by atoms with Gasteiger partial charge in [-0.25, -0.2) is 0 Å². The molecular weight excluding hydrogens is 377 g/mol. The Morgan fingerprint density at radius 1 is 1.04 bits per heavy atom. The second-order valence-corrected chi connectivity index (χ2v) is 6.70. The van der Waals surface area contributed by atoms with Gasteiger partial charge in [0.05, 0.1) is 18.4 Å². The van der Waals surface area contributed by atoms with Gasteiger partial charge in [-0.05, 0) is 42.0 Å². The van der Waals surface area contributed by atoms with Crippen molar-refractivity contribution in [3.63, 3.8) is 0 Å². The van der Waals surface area contributed by atoms with Gasteiger partial charge >= 0.3 is 6.18 Å². The minimum absolute atomic E-state index is 0.419. The van der Waals surface area contributed by atoms with Crippen LogP contribution in [0.5, 0.6) is 5.75 Å². The standard InChI is InChI=1S/C18H13F3N4OS/c1-26-14-7-5-11(6-8-14)16-22-23-17-25(16)24-15(10-27-17)12-3-2-4-13(9-12)18(19,20)21/h2-9H,10H2,1H3. The molecule has 27 heavy (non-hydrogen) atoms. The molecule has 0 fully saturated rings. The summed E-state index contributed by atoms with van der Waals surface area (Å²) in [6.07, 6.45) is -4.39. The molecule has 0 N–H and O–H groups in total. The summed E-state index contributed by atoms with van der Waals surface area (Å²) < 4.78 is 45.7. The van der Waals surface area contributed by atoms with E-state index in [0.717, 1.165) is 17.7 Å². The molecule has 2 aromatic carbocycles. The van der Waals surface area contributed by atoms with Gasteiger partial charge in [0.1, 0.15) is 5.75 Å². The molecule has 0 aliphatic carbocycles. The number of nitrogens with zero attached hydrogens (tertiary/aromatic N) is 4. The number of hydrogen-bond acceptors (Lipinski definition) is 5. The first-order valence-corrected chi connectivity index (χ1v) is 8.92. The molecule has 3 aromatic rings. The second kappa shape index (κ2) is 6.73. The average molecular weight is 390 g/mol. The highest BCUT2D eigenvalue weighted by Crippen LogP contribution is 2.32. The van der Waals surface area contributed by atoms with Crippen molar-refractivity contribution in [2.75, 3.05) is 12.9 Å². The maximum atomic E-state index is 13.0. The molecule has 138 valence electrons. The molecule has 9 heteroatoms. The van der Waals surface area contributed by atoms with Crippen LogP contribution in [0.2, 0.25) is 0 Å². The van der Waals surface area contributed by atoms with Crippen molar-refractivity contribution in [3.05, 3.63) is 59.7 Å². The molecule has 0 unspecified atom stereocenters. The highest BCUT2D eigenvalue weighted by Gasteiger charge is 2.31. The van der Waals surface area contributed by atoms with Crippen LogP contribution in [-0.4, -0.2) is 33.4 Å². The summed E-state index contributed by atoms with van der Waals surface area (Å²) in [5.41, 5.74) is 1.05. The summed E-state index contributed by atoms with van der Waals surface area (Å²) in [6.45, 7) is 0. The minimum atomic E-state index is -4.39. The fourth-order valence-corrected chi connectivity index (χ4v) is 3.50. The van der Waals surface area contributed by atoms with Gasteiger partial charge in [0.25, 0.3) is 0 Å². The smallest absolute Gasteiger partial charge is 0.416 e. The summed E-state index contributed by atoms with van der Waals surface area (Å²) in [5, 5.41) is 13.4. The van der Waals surface area contributed by atoms with Crippen LogP contribution in [-0.2, 0) is 6.18 Å². The molecule has 5 nitrogen and oxygen atoms in total. The zero-order valence-corrected chi connectivity index (χ0v) is 14.9. The van der Waals surface area contributed by atoms with Gasteiger partial charge in [0, 0.05) is 11.3 Å². The Morgan fingerprint density at radius 2 is 1.81 bits per heavy atom. The Labute approximate surface area is 156 Å². The lowest BCUT2D eigenvalue weighted by atomic mass is 10.1. The van der Waals surface area contributed by atoms with Gasteiger partial charge in [0.15, 0.2) is 5.82 Å². The molecular formula is C18H13F3N4OS. The van der Waals surface area contributed by atoms with E-state index in [1.807, 2.05) is 12.1 Å². The monoisotopic (exact) mass is 390 g/mol. The quantitative estimate of drug-likeness (QED) is 0.668. The van der Waals surface area contributed by atoms with E-state index in [-0.39, 0.29) is 0 Å². The van der Waals surface area contributed by atoms with E-state index in [4.69, 9.17) is 4.74 Å². The fourth-order valence-electron chi connectivity index (χ4n) is 2.66. The number of aromatic nitrogens is 3. The van der Waals surface area contributed by atoms with E-state index in [9.17, 15) is 13.2 Å². The molecule has 0 spiro atoms. The fraction of sp³-hybridized carbons (Fsp3) is 0.167. The highest BCUT2D eigenvalue weighted by molar-refractivity contribution is 7.99.